The highest BCUT2D eigenvalue weighted by atomic mass is 16.5. The van der Waals surface area contributed by atoms with Crippen molar-refractivity contribution in [2.24, 2.45) is 0 Å². The number of β-amino-alcohol motifs (C(OH)–C–C–N with tert-alkyl or cyclic N) is 1. The Balaban J connectivity index is 1.62. The molecule has 0 spiro atoms. The van der Waals surface area contributed by atoms with Crippen LogP contribution in [0.15, 0.2) is 30.3 Å². The lowest BCUT2D eigenvalue weighted by atomic mass is 10.1. The molecule has 0 saturated carbocycles. The molecule has 0 aliphatic carbocycles. The van der Waals surface area contributed by atoms with Gasteiger partial charge in [0.25, 0.3) is 0 Å². The summed E-state index contributed by atoms with van der Waals surface area (Å²) in [6.07, 6.45) is 0.759. The van der Waals surface area contributed by atoms with E-state index in [0.29, 0.717) is 13.2 Å². The minimum absolute atomic E-state index is 0.360. The minimum Gasteiger partial charge on any atom is -0.389 e. The van der Waals surface area contributed by atoms with Gasteiger partial charge in [-0.05, 0) is 18.9 Å². The average Bonchev–Trinajstić information content (AvgIpc) is 2.53. The molecule has 4 heteroatoms. The van der Waals surface area contributed by atoms with E-state index in [0.717, 1.165) is 45.7 Å². The molecule has 1 aliphatic rings. The number of benzene rings is 1. The lowest BCUT2D eigenvalue weighted by Gasteiger charge is -2.35. The van der Waals surface area contributed by atoms with Crippen molar-refractivity contribution < 1.29 is 9.84 Å². The van der Waals surface area contributed by atoms with Gasteiger partial charge in [-0.2, -0.15) is 0 Å². The number of aliphatic hydroxyl groups excluding tert-OH is 1. The van der Waals surface area contributed by atoms with Gasteiger partial charge in [0.05, 0.1) is 12.7 Å². The Morgan fingerprint density at radius 2 is 1.76 bits per heavy atom. The zero-order chi connectivity index (χ0) is 14.9. The molecule has 1 heterocycles. The summed E-state index contributed by atoms with van der Waals surface area (Å²) in [6, 6.07) is 10.7. The Morgan fingerprint density at radius 3 is 2.43 bits per heavy atom. The monoisotopic (exact) mass is 292 g/mol. The normalized spacial score (nSPS) is 18.8. The van der Waals surface area contributed by atoms with Crippen molar-refractivity contribution in [1.29, 1.82) is 0 Å². The predicted molar refractivity (Wildman–Crippen MR) is 85.5 cm³/mol. The Kier molecular flexibility index (Phi) is 7.16. The van der Waals surface area contributed by atoms with E-state index in [1.807, 2.05) is 6.92 Å². The van der Waals surface area contributed by atoms with Crippen LogP contribution in [0.4, 0.5) is 0 Å². The third-order valence-electron chi connectivity index (χ3n) is 4.01. The molecule has 118 valence electrons. The molecule has 4 nitrogen and oxygen atoms in total. The van der Waals surface area contributed by atoms with Gasteiger partial charge in [0.15, 0.2) is 0 Å². The molecule has 0 aromatic heterocycles. The number of piperazine rings is 1. The van der Waals surface area contributed by atoms with Crippen molar-refractivity contribution >= 4 is 0 Å². The van der Waals surface area contributed by atoms with Gasteiger partial charge in [-0.3, -0.25) is 4.90 Å². The van der Waals surface area contributed by atoms with Gasteiger partial charge < -0.3 is 14.7 Å². The lowest BCUT2D eigenvalue weighted by Crippen LogP contribution is -2.49. The van der Waals surface area contributed by atoms with Gasteiger partial charge >= 0.3 is 0 Å². The van der Waals surface area contributed by atoms with Crippen LogP contribution in [0.2, 0.25) is 0 Å². The fraction of sp³-hybridized carbons (Fsp3) is 0.647. The van der Waals surface area contributed by atoms with Crippen LogP contribution >= 0.6 is 0 Å². The van der Waals surface area contributed by atoms with Crippen LogP contribution in [-0.4, -0.2) is 73.5 Å². The van der Waals surface area contributed by atoms with Crippen molar-refractivity contribution in [3.63, 3.8) is 0 Å². The molecule has 1 atom stereocenters. The van der Waals surface area contributed by atoms with Crippen molar-refractivity contribution in [2.45, 2.75) is 19.4 Å². The van der Waals surface area contributed by atoms with E-state index in [9.17, 15) is 5.11 Å². The van der Waals surface area contributed by atoms with Crippen LogP contribution in [0.25, 0.3) is 0 Å². The summed E-state index contributed by atoms with van der Waals surface area (Å²) in [5.41, 5.74) is 1.41. The fourth-order valence-electron chi connectivity index (χ4n) is 2.73. The highest BCUT2D eigenvalue weighted by molar-refractivity contribution is 5.14. The maximum absolute atomic E-state index is 9.87. The van der Waals surface area contributed by atoms with Gasteiger partial charge in [-0.25, -0.2) is 0 Å². The topological polar surface area (TPSA) is 35.9 Å². The third-order valence-corrected chi connectivity index (χ3v) is 4.01. The minimum atomic E-state index is -0.360. The first-order valence-corrected chi connectivity index (χ1v) is 8.02. The molecule has 1 N–H and O–H groups in total. The van der Waals surface area contributed by atoms with Crippen LogP contribution in [0.3, 0.4) is 0 Å². The zero-order valence-corrected chi connectivity index (χ0v) is 13.1. The number of nitrogens with zero attached hydrogens (tertiary/aromatic N) is 2. The molecule has 1 aliphatic heterocycles. The summed E-state index contributed by atoms with van der Waals surface area (Å²) in [6.45, 7) is 9.19. The largest absolute Gasteiger partial charge is 0.389 e. The van der Waals surface area contributed by atoms with E-state index in [1.165, 1.54) is 5.56 Å². The summed E-state index contributed by atoms with van der Waals surface area (Å²) < 4.78 is 5.26. The smallest absolute Gasteiger partial charge is 0.0900 e. The first-order chi connectivity index (χ1) is 10.3. The van der Waals surface area contributed by atoms with Crippen molar-refractivity contribution in [3.8, 4) is 0 Å². The first-order valence-electron chi connectivity index (χ1n) is 8.02. The quantitative estimate of drug-likeness (QED) is 0.782. The van der Waals surface area contributed by atoms with E-state index in [1.54, 1.807) is 0 Å². The molecule has 1 saturated heterocycles. The highest BCUT2D eigenvalue weighted by Gasteiger charge is 2.18. The van der Waals surface area contributed by atoms with Gasteiger partial charge in [0, 0.05) is 45.9 Å². The van der Waals surface area contributed by atoms with Crippen LogP contribution < -0.4 is 0 Å². The molecule has 0 amide bonds. The SMILES string of the molecule is CCOCC(O)CN1CCN(CCc2ccccc2)CC1. The number of ether oxygens (including phenoxy) is 1. The Hall–Kier alpha value is -0.940. The molecule has 1 unspecified atom stereocenters. The third kappa shape index (κ3) is 6.14. The number of hydrogen-bond donors (Lipinski definition) is 1. The van der Waals surface area contributed by atoms with Crippen LogP contribution in [0.5, 0.6) is 0 Å². The van der Waals surface area contributed by atoms with Gasteiger partial charge in [0.1, 0.15) is 0 Å². The lowest BCUT2D eigenvalue weighted by molar-refractivity contribution is 0.0109. The van der Waals surface area contributed by atoms with Crippen LogP contribution in [0.1, 0.15) is 12.5 Å². The molecule has 1 aromatic rings. The summed E-state index contributed by atoms with van der Waals surface area (Å²) in [7, 11) is 0. The van der Waals surface area contributed by atoms with Crippen LogP contribution in [-0.2, 0) is 11.2 Å². The van der Waals surface area contributed by atoms with Gasteiger partial charge in [-0.1, -0.05) is 30.3 Å². The molecule has 1 aromatic carbocycles. The number of rotatable bonds is 8. The zero-order valence-electron chi connectivity index (χ0n) is 13.1. The molecule has 2 rings (SSSR count). The highest BCUT2D eigenvalue weighted by Crippen LogP contribution is 2.06. The predicted octanol–water partition coefficient (Wildman–Crippen LogP) is 1.24. The summed E-state index contributed by atoms with van der Waals surface area (Å²) in [5.74, 6) is 0. The van der Waals surface area contributed by atoms with E-state index in [2.05, 4.69) is 40.1 Å². The van der Waals surface area contributed by atoms with E-state index in [-0.39, 0.29) is 6.10 Å². The molecule has 21 heavy (non-hydrogen) atoms. The Bertz CT molecular complexity index is 378. The van der Waals surface area contributed by atoms with E-state index >= 15 is 0 Å². The van der Waals surface area contributed by atoms with Gasteiger partial charge in [-0.15, -0.1) is 0 Å². The number of aliphatic hydroxyl groups is 1. The number of hydrogen-bond acceptors (Lipinski definition) is 4. The van der Waals surface area contributed by atoms with E-state index < -0.39 is 0 Å². The van der Waals surface area contributed by atoms with Crippen molar-refractivity contribution in [1.82, 2.24) is 9.80 Å². The summed E-state index contributed by atoms with van der Waals surface area (Å²) in [4.78, 5) is 4.85. The average molecular weight is 292 g/mol. The standard InChI is InChI=1S/C17H28N2O2/c1-2-21-15-17(20)14-19-12-10-18(11-13-19)9-8-16-6-4-3-5-7-16/h3-7,17,20H,2,8-15H2,1H3. The van der Waals surface area contributed by atoms with Crippen molar-refractivity contribution in [3.05, 3.63) is 35.9 Å². The summed E-state index contributed by atoms with van der Waals surface area (Å²) >= 11 is 0. The maximum atomic E-state index is 9.87. The Labute approximate surface area is 128 Å². The molecule has 0 radical (unpaired) electrons. The Morgan fingerprint density at radius 1 is 1.10 bits per heavy atom. The second-order valence-corrected chi connectivity index (χ2v) is 5.69. The maximum Gasteiger partial charge on any atom is 0.0900 e. The second-order valence-electron chi connectivity index (χ2n) is 5.69. The van der Waals surface area contributed by atoms with Gasteiger partial charge in [0.2, 0.25) is 0 Å². The molecular formula is C17H28N2O2. The molecular weight excluding hydrogens is 264 g/mol. The van der Waals surface area contributed by atoms with Crippen LogP contribution in [0, 0.1) is 0 Å². The fourth-order valence-corrected chi connectivity index (χ4v) is 2.73. The summed E-state index contributed by atoms with van der Waals surface area (Å²) in [5, 5.41) is 9.87. The van der Waals surface area contributed by atoms with E-state index in [4.69, 9.17) is 4.74 Å². The van der Waals surface area contributed by atoms with Crippen molar-refractivity contribution in [2.75, 3.05) is 52.5 Å². The first kappa shape index (κ1) is 16.4. The molecule has 1 fully saturated rings. The second kappa shape index (κ2) is 9.15. The molecule has 0 bridgehead atoms.